The number of hydrogen-bond donors (Lipinski definition) is 2. The first-order valence-electron chi connectivity index (χ1n) is 6.62. The van der Waals surface area contributed by atoms with E-state index in [9.17, 15) is 8.42 Å². The van der Waals surface area contributed by atoms with Crippen LogP contribution in [0.4, 0.5) is 5.69 Å². The summed E-state index contributed by atoms with van der Waals surface area (Å²) in [5.74, 6) is 0. The number of benzene rings is 2. The number of nitrogens with one attached hydrogen (secondary N) is 2. The maximum Gasteiger partial charge on any atom is 0.301 e. The van der Waals surface area contributed by atoms with Crippen LogP contribution in [-0.4, -0.2) is 38.9 Å². The van der Waals surface area contributed by atoms with Gasteiger partial charge in [-0.2, -0.15) is 12.7 Å². The minimum Gasteiger partial charge on any atom is -0.314 e. The van der Waals surface area contributed by atoms with Crippen LogP contribution in [0.1, 0.15) is 0 Å². The van der Waals surface area contributed by atoms with Gasteiger partial charge in [0.2, 0.25) is 0 Å². The molecule has 0 spiro atoms. The molecule has 2 N–H and O–H groups in total. The molecule has 0 saturated carbocycles. The molecule has 2 aromatic rings. The Kier molecular flexibility index (Phi) is 3.60. The van der Waals surface area contributed by atoms with E-state index in [4.69, 9.17) is 0 Å². The van der Waals surface area contributed by atoms with E-state index in [-0.39, 0.29) is 0 Å². The molecular formula is C14H17N3O2S. The fourth-order valence-corrected chi connectivity index (χ4v) is 3.57. The van der Waals surface area contributed by atoms with Gasteiger partial charge in [0.15, 0.2) is 0 Å². The van der Waals surface area contributed by atoms with Crippen LogP contribution >= 0.6 is 0 Å². The fourth-order valence-electron chi connectivity index (χ4n) is 2.35. The number of rotatable bonds is 3. The lowest BCUT2D eigenvalue weighted by Gasteiger charge is -2.26. The van der Waals surface area contributed by atoms with Crippen LogP contribution in [0.2, 0.25) is 0 Å². The molecule has 106 valence electrons. The third-order valence-corrected chi connectivity index (χ3v) is 4.95. The topological polar surface area (TPSA) is 61.4 Å². The second-order valence-electron chi connectivity index (χ2n) is 4.82. The van der Waals surface area contributed by atoms with Gasteiger partial charge in [-0.05, 0) is 22.9 Å². The molecular weight excluding hydrogens is 274 g/mol. The van der Waals surface area contributed by atoms with Gasteiger partial charge in [-0.3, -0.25) is 4.72 Å². The van der Waals surface area contributed by atoms with Crippen molar-refractivity contribution in [2.24, 2.45) is 0 Å². The predicted octanol–water partition coefficient (Wildman–Crippen LogP) is 1.40. The van der Waals surface area contributed by atoms with Crippen LogP contribution in [0.25, 0.3) is 10.8 Å². The van der Waals surface area contributed by atoms with Gasteiger partial charge in [0.05, 0.1) is 5.69 Å². The molecule has 1 aliphatic rings. The molecule has 1 saturated heterocycles. The van der Waals surface area contributed by atoms with Gasteiger partial charge < -0.3 is 5.32 Å². The van der Waals surface area contributed by atoms with Crippen molar-refractivity contribution in [2.75, 3.05) is 30.9 Å². The fraction of sp³-hybridized carbons (Fsp3) is 0.286. The second kappa shape index (κ2) is 5.40. The van der Waals surface area contributed by atoms with Crippen molar-refractivity contribution in [3.63, 3.8) is 0 Å². The summed E-state index contributed by atoms with van der Waals surface area (Å²) < 4.78 is 28.7. The molecule has 6 heteroatoms. The monoisotopic (exact) mass is 291 g/mol. The average molecular weight is 291 g/mol. The highest BCUT2D eigenvalue weighted by Gasteiger charge is 2.23. The summed E-state index contributed by atoms with van der Waals surface area (Å²) in [7, 11) is -3.46. The average Bonchev–Trinajstić information content (AvgIpc) is 2.48. The normalized spacial score (nSPS) is 17.2. The zero-order valence-electron chi connectivity index (χ0n) is 11.0. The van der Waals surface area contributed by atoms with E-state index in [1.165, 1.54) is 4.31 Å². The van der Waals surface area contributed by atoms with Crippen molar-refractivity contribution >= 4 is 26.7 Å². The molecule has 0 aromatic heterocycles. The molecule has 1 fully saturated rings. The lowest BCUT2D eigenvalue weighted by molar-refractivity contribution is 0.362. The Morgan fingerprint density at radius 2 is 1.70 bits per heavy atom. The van der Waals surface area contributed by atoms with E-state index in [0.717, 1.165) is 10.8 Å². The molecule has 2 aromatic carbocycles. The van der Waals surface area contributed by atoms with E-state index in [1.54, 1.807) is 6.07 Å². The van der Waals surface area contributed by atoms with Crippen LogP contribution in [0.5, 0.6) is 0 Å². The highest BCUT2D eigenvalue weighted by Crippen LogP contribution is 2.20. The molecule has 0 radical (unpaired) electrons. The van der Waals surface area contributed by atoms with Gasteiger partial charge in [-0.15, -0.1) is 0 Å². The summed E-state index contributed by atoms with van der Waals surface area (Å²) >= 11 is 0. The van der Waals surface area contributed by atoms with E-state index in [1.807, 2.05) is 36.4 Å². The largest absolute Gasteiger partial charge is 0.314 e. The predicted molar refractivity (Wildman–Crippen MR) is 80.9 cm³/mol. The van der Waals surface area contributed by atoms with E-state index >= 15 is 0 Å². The Morgan fingerprint density at radius 1 is 1.00 bits per heavy atom. The highest BCUT2D eigenvalue weighted by molar-refractivity contribution is 7.90. The maximum absolute atomic E-state index is 12.3. The third kappa shape index (κ3) is 2.77. The van der Waals surface area contributed by atoms with Gasteiger partial charge in [0, 0.05) is 26.2 Å². The van der Waals surface area contributed by atoms with Gasteiger partial charge >= 0.3 is 10.2 Å². The quantitative estimate of drug-likeness (QED) is 0.898. The summed E-state index contributed by atoms with van der Waals surface area (Å²) in [6.07, 6.45) is 0. The molecule has 0 unspecified atom stereocenters. The Hall–Kier alpha value is -1.63. The van der Waals surface area contributed by atoms with Gasteiger partial charge in [-0.25, -0.2) is 0 Å². The number of anilines is 1. The van der Waals surface area contributed by atoms with E-state index < -0.39 is 10.2 Å². The zero-order chi connectivity index (χ0) is 14.0. The first kappa shape index (κ1) is 13.4. The van der Waals surface area contributed by atoms with Gasteiger partial charge in [-0.1, -0.05) is 30.3 Å². The first-order valence-corrected chi connectivity index (χ1v) is 8.07. The Balaban J connectivity index is 1.84. The van der Waals surface area contributed by atoms with Crippen LogP contribution in [0.3, 0.4) is 0 Å². The molecule has 0 amide bonds. The van der Waals surface area contributed by atoms with E-state index in [0.29, 0.717) is 31.9 Å². The van der Waals surface area contributed by atoms with E-state index in [2.05, 4.69) is 10.0 Å². The van der Waals surface area contributed by atoms with Crippen molar-refractivity contribution in [3.8, 4) is 0 Å². The number of nitrogens with zero attached hydrogens (tertiary/aromatic N) is 1. The van der Waals surface area contributed by atoms with Crippen LogP contribution in [0.15, 0.2) is 42.5 Å². The molecule has 1 aliphatic heterocycles. The lowest BCUT2D eigenvalue weighted by atomic mass is 10.1. The maximum atomic E-state index is 12.3. The smallest absolute Gasteiger partial charge is 0.301 e. The van der Waals surface area contributed by atoms with Crippen LogP contribution < -0.4 is 10.0 Å². The SMILES string of the molecule is O=S(=O)(Nc1ccc2ccccc2c1)N1CCNCC1. The van der Waals surface area contributed by atoms with Crippen molar-refractivity contribution in [3.05, 3.63) is 42.5 Å². The minimum atomic E-state index is -3.46. The number of hydrogen-bond acceptors (Lipinski definition) is 3. The molecule has 0 atom stereocenters. The van der Waals surface area contributed by atoms with Crippen LogP contribution in [-0.2, 0) is 10.2 Å². The highest BCUT2D eigenvalue weighted by atomic mass is 32.2. The molecule has 20 heavy (non-hydrogen) atoms. The number of piperazine rings is 1. The Morgan fingerprint density at radius 3 is 2.45 bits per heavy atom. The number of fused-ring (bicyclic) bond motifs is 1. The summed E-state index contributed by atoms with van der Waals surface area (Å²) in [5, 5.41) is 5.26. The summed E-state index contributed by atoms with van der Waals surface area (Å²) in [6, 6.07) is 13.5. The molecule has 5 nitrogen and oxygen atoms in total. The van der Waals surface area contributed by atoms with Crippen molar-refractivity contribution in [1.29, 1.82) is 0 Å². The standard InChI is InChI=1S/C14H17N3O2S/c18-20(19,17-9-7-15-8-10-17)16-14-6-5-12-3-1-2-4-13(12)11-14/h1-6,11,15-16H,7-10H2. The molecule has 0 bridgehead atoms. The second-order valence-corrected chi connectivity index (χ2v) is 6.49. The zero-order valence-corrected chi connectivity index (χ0v) is 11.9. The molecule has 3 rings (SSSR count). The Labute approximate surface area is 118 Å². The Bertz CT molecular complexity index is 709. The van der Waals surface area contributed by atoms with Gasteiger partial charge in [0.1, 0.15) is 0 Å². The van der Waals surface area contributed by atoms with Crippen molar-refractivity contribution in [1.82, 2.24) is 9.62 Å². The third-order valence-electron chi connectivity index (χ3n) is 3.41. The molecule has 0 aliphatic carbocycles. The van der Waals surface area contributed by atoms with Crippen molar-refractivity contribution < 1.29 is 8.42 Å². The minimum absolute atomic E-state index is 0.503. The van der Waals surface area contributed by atoms with Gasteiger partial charge in [0.25, 0.3) is 0 Å². The summed E-state index contributed by atoms with van der Waals surface area (Å²) in [6.45, 7) is 2.39. The summed E-state index contributed by atoms with van der Waals surface area (Å²) in [5.41, 5.74) is 0.599. The van der Waals surface area contributed by atoms with Crippen molar-refractivity contribution in [2.45, 2.75) is 0 Å². The van der Waals surface area contributed by atoms with Crippen LogP contribution in [0, 0.1) is 0 Å². The first-order chi connectivity index (χ1) is 9.65. The molecule has 1 heterocycles. The summed E-state index contributed by atoms with van der Waals surface area (Å²) in [4.78, 5) is 0. The lowest BCUT2D eigenvalue weighted by Crippen LogP contribution is -2.48.